The molecular formula is C11H20N4O. The third-order valence-electron chi connectivity index (χ3n) is 1.95. The molecule has 90 valence electrons. The van der Waals surface area contributed by atoms with E-state index in [1.807, 2.05) is 14.1 Å². The maximum atomic E-state index is 5.50. The monoisotopic (exact) mass is 224 g/mol. The molecule has 0 atom stereocenters. The zero-order valence-corrected chi connectivity index (χ0v) is 10.2. The van der Waals surface area contributed by atoms with Crippen LogP contribution in [0.5, 0.6) is 5.88 Å². The number of nitrogens with one attached hydrogen (secondary N) is 1. The molecule has 0 radical (unpaired) electrons. The third-order valence-corrected chi connectivity index (χ3v) is 1.95. The maximum absolute atomic E-state index is 5.50. The van der Waals surface area contributed by atoms with Crippen LogP contribution >= 0.6 is 0 Å². The summed E-state index contributed by atoms with van der Waals surface area (Å²) in [6, 6.07) is 1.77. The summed E-state index contributed by atoms with van der Waals surface area (Å²) < 4.78 is 5.50. The second kappa shape index (κ2) is 7.00. The highest BCUT2D eigenvalue weighted by Crippen LogP contribution is 2.07. The van der Waals surface area contributed by atoms with Crippen molar-refractivity contribution in [1.29, 1.82) is 0 Å². The van der Waals surface area contributed by atoms with E-state index < -0.39 is 0 Å². The molecule has 0 aromatic carbocycles. The molecule has 16 heavy (non-hydrogen) atoms. The zero-order chi connectivity index (χ0) is 11.8. The van der Waals surface area contributed by atoms with Gasteiger partial charge in [-0.2, -0.15) is 4.98 Å². The lowest BCUT2D eigenvalue weighted by molar-refractivity contribution is 0.254. The summed E-state index contributed by atoms with van der Waals surface area (Å²) in [4.78, 5) is 10.4. The molecule has 1 aromatic rings. The highest BCUT2D eigenvalue weighted by atomic mass is 16.5. The van der Waals surface area contributed by atoms with E-state index in [1.165, 1.54) is 0 Å². The van der Waals surface area contributed by atoms with Crippen LogP contribution in [0.25, 0.3) is 0 Å². The second-order valence-corrected chi connectivity index (χ2v) is 3.80. The summed E-state index contributed by atoms with van der Waals surface area (Å²) in [5.41, 5.74) is 0. The molecule has 5 nitrogen and oxygen atoms in total. The molecule has 0 aliphatic carbocycles. The molecule has 0 saturated carbocycles. The van der Waals surface area contributed by atoms with Gasteiger partial charge in [-0.3, -0.25) is 0 Å². The zero-order valence-electron chi connectivity index (χ0n) is 10.2. The first-order valence-electron chi connectivity index (χ1n) is 5.57. The SMILES string of the molecule is CCCNc1nccc(OCCN(C)C)n1. The van der Waals surface area contributed by atoms with Crippen molar-refractivity contribution < 1.29 is 4.74 Å². The van der Waals surface area contributed by atoms with Crippen molar-refractivity contribution >= 4 is 5.95 Å². The standard InChI is InChI=1S/C11H20N4O/c1-4-6-12-11-13-7-5-10(14-11)16-9-8-15(2)3/h5,7H,4,6,8-9H2,1-3H3,(H,12,13,14). The molecule has 0 amide bonds. The Morgan fingerprint density at radius 2 is 2.25 bits per heavy atom. The van der Waals surface area contributed by atoms with Crippen LogP contribution in [-0.2, 0) is 0 Å². The summed E-state index contributed by atoms with van der Waals surface area (Å²) in [6.07, 6.45) is 2.76. The fourth-order valence-corrected chi connectivity index (χ4v) is 1.08. The number of aromatic nitrogens is 2. The number of nitrogens with zero attached hydrogens (tertiary/aromatic N) is 3. The molecule has 5 heteroatoms. The van der Waals surface area contributed by atoms with Gasteiger partial charge in [-0.1, -0.05) is 6.92 Å². The summed E-state index contributed by atoms with van der Waals surface area (Å²) in [5.74, 6) is 1.25. The summed E-state index contributed by atoms with van der Waals surface area (Å²) in [7, 11) is 4.02. The Morgan fingerprint density at radius 1 is 1.44 bits per heavy atom. The lowest BCUT2D eigenvalue weighted by Crippen LogP contribution is -2.19. The third kappa shape index (κ3) is 4.93. The normalized spacial score (nSPS) is 10.5. The molecule has 1 aromatic heterocycles. The van der Waals surface area contributed by atoms with E-state index in [-0.39, 0.29) is 0 Å². The molecule has 1 rings (SSSR count). The molecule has 0 bridgehead atoms. The fraction of sp³-hybridized carbons (Fsp3) is 0.636. The van der Waals surface area contributed by atoms with Crippen LogP contribution in [0.2, 0.25) is 0 Å². The predicted octanol–water partition coefficient (Wildman–Crippen LogP) is 1.24. The number of likely N-dealkylation sites (N-methyl/N-ethyl adjacent to an activating group) is 1. The van der Waals surface area contributed by atoms with Gasteiger partial charge in [0.25, 0.3) is 0 Å². The van der Waals surface area contributed by atoms with Crippen molar-refractivity contribution in [2.45, 2.75) is 13.3 Å². The minimum atomic E-state index is 0.621. The molecule has 0 fully saturated rings. The van der Waals surface area contributed by atoms with Gasteiger partial charge in [-0.05, 0) is 20.5 Å². The Bertz CT molecular complexity index is 304. The van der Waals surface area contributed by atoms with Gasteiger partial charge in [0.2, 0.25) is 11.8 Å². The largest absolute Gasteiger partial charge is 0.476 e. The van der Waals surface area contributed by atoms with Crippen LogP contribution in [0, 0.1) is 0 Å². The van der Waals surface area contributed by atoms with Gasteiger partial charge in [0.05, 0.1) is 0 Å². The van der Waals surface area contributed by atoms with Gasteiger partial charge >= 0.3 is 0 Å². The van der Waals surface area contributed by atoms with Crippen LogP contribution in [0.1, 0.15) is 13.3 Å². The average molecular weight is 224 g/mol. The minimum Gasteiger partial charge on any atom is -0.476 e. The highest BCUT2D eigenvalue weighted by Gasteiger charge is 1.99. The minimum absolute atomic E-state index is 0.621. The summed E-state index contributed by atoms with van der Waals surface area (Å²) in [5, 5.41) is 3.12. The molecular weight excluding hydrogens is 204 g/mol. The van der Waals surface area contributed by atoms with Crippen LogP contribution in [0.3, 0.4) is 0 Å². The van der Waals surface area contributed by atoms with Crippen LogP contribution in [0.4, 0.5) is 5.95 Å². The van der Waals surface area contributed by atoms with E-state index in [0.717, 1.165) is 19.5 Å². The van der Waals surface area contributed by atoms with Gasteiger partial charge in [-0.15, -0.1) is 0 Å². The average Bonchev–Trinajstić information content (AvgIpc) is 2.26. The predicted molar refractivity (Wildman–Crippen MR) is 64.9 cm³/mol. The fourth-order valence-electron chi connectivity index (χ4n) is 1.08. The number of anilines is 1. The molecule has 0 unspecified atom stereocenters. The Labute approximate surface area is 96.8 Å². The van der Waals surface area contributed by atoms with Gasteiger partial charge in [-0.25, -0.2) is 4.98 Å². The highest BCUT2D eigenvalue weighted by molar-refractivity contribution is 5.27. The first kappa shape index (κ1) is 12.7. The van der Waals surface area contributed by atoms with Crippen molar-refractivity contribution in [2.24, 2.45) is 0 Å². The van der Waals surface area contributed by atoms with Crippen LogP contribution in [-0.4, -0.2) is 48.7 Å². The van der Waals surface area contributed by atoms with E-state index in [0.29, 0.717) is 18.4 Å². The Kier molecular flexibility index (Phi) is 5.56. The van der Waals surface area contributed by atoms with Crippen molar-refractivity contribution in [2.75, 3.05) is 39.1 Å². The van der Waals surface area contributed by atoms with Crippen molar-refractivity contribution in [3.05, 3.63) is 12.3 Å². The number of rotatable bonds is 7. The van der Waals surface area contributed by atoms with Gasteiger partial charge in [0, 0.05) is 25.4 Å². The molecule has 0 saturated heterocycles. The van der Waals surface area contributed by atoms with E-state index in [4.69, 9.17) is 4.74 Å². The van der Waals surface area contributed by atoms with Crippen molar-refractivity contribution in [3.63, 3.8) is 0 Å². The number of hydrogen-bond donors (Lipinski definition) is 1. The Hall–Kier alpha value is -1.36. The van der Waals surface area contributed by atoms with E-state index in [2.05, 4.69) is 27.1 Å². The van der Waals surface area contributed by atoms with Crippen LogP contribution < -0.4 is 10.1 Å². The number of ether oxygens (including phenoxy) is 1. The lowest BCUT2D eigenvalue weighted by Gasteiger charge is -2.10. The molecule has 0 spiro atoms. The van der Waals surface area contributed by atoms with Crippen molar-refractivity contribution in [1.82, 2.24) is 14.9 Å². The number of hydrogen-bond acceptors (Lipinski definition) is 5. The van der Waals surface area contributed by atoms with Gasteiger partial charge < -0.3 is 15.0 Å². The topological polar surface area (TPSA) is 50.3 Å². The molecule has 0 aliphatic rings. The second-order valence-electron chi connectivity index (χ2n) is 3.80. The lowest BCUT2D eigenvalue weighted by atomic mass is 10.5. The Morgan fingerprint density at radius 3 is 2.94 bits per heavy atom. The quantitative estimate of drug-likeness (QED) is 0.755. The van der Waals surface area contributed by atoms with Gasteiger partial charge in [0.1, 0.15) is 6.61 Å². The Balaban J connectivity index is 2.40. The molecule has 1 N–H and O–H groups in total. The summed E-state index contributed by atoms with van der Waals surface area (Å²) >= 11 is 0. The molecule has 1 heterocycles. The van der Waals surface area contributed by atoms with Crippen molar-refractivity contribution in [3.8, 4) is 5.88 Å². The van der Waals surface area contributed by atoms with E-state index in [1.54, 1.807) is 12.3 Å². The summed E-state index contributed by atoms with van der Waals surface area (Å²) in [6.45, 7) is 4.49. The van der Waals surface area contributed by atoms with E-state index in [9.17, 15) is 0 Å². The smallest absolute Gasteiger partial charge is 0.225 e. The maximum Gasteiger partial charge on any atom is 0.225 e. The van der Waals surface area contributed by atoms with Crippen LogP contribution in [0.15, 0.2) is 12.3 Å². The first-order valence-corrected chi connectivity index (χ1v) is 5.57. The first-order chi connectivity index (χ1) is 7.72. The molecule has 0 aliphatic heterocycles. The van der Waals surface area contributed by atoms with E-state index >= 15 is 0 Å². The van der Waals surface area contributed by atoms with Gasteiger partial charge in [0.15, 0.2) is 0 Å².